The lowest BCUT2D eigenvalue weighted by Gasteiger charge is -2.26. The van der Waals surface area contributed by atoms with Crippen LogP contribution in [0.4, 0.5) is 0 Å². The van der Waals surface area contributed by atoms with E-state index < -0.39 is 0 Å². The van der Waals surface area contributed by atoms with Crippen molar-refractivity contribution >= 4 is 23.2 Å². The lowest BCUT2D eigenvalue weighted by Crippen LogP contribution is -2.25. The molecule has 1 aromatic rings. The van der Waals surface area contributed by atoms with Gasteiger partial charge in [0.25, 0.3) is 0 Å². The molecule has 100 valence electrons. The summed E-state index contributed by atoms with van der Waals surface area (Å²) in [6.07, 6.45) is 5.48. The molecule has 1 saturated carbocycles. The van der Waals surface area contributed by atoms with Gasteiger partial charge >= 0.3 is 0 Å². The number of halogens is 2. The molecule has 0 atom stereocenters. The SMILES string of the molecule is CC1CCC(CNCc2cccc(Cl)c2Cl)CC1. The molecule has 2 rings (SSSR count). The maximum absolute atomic E-state index is 6.16. The van der Waals surface area contributed by atoms with Gasteiger partial charge in [0, 0.05) is 6.54 Å². The van der Waals surface area contributed by atoms with Gasteiger partial charge in [0.2, 0.25) is 0 Å². The minimum Gasteiger partial charge on any atom is -0.312 e. The molecular weight excluding hydrogens is 265 g/mol. The van der Waals surface area contributed by atoms with Crippen LogP contribution in [0, 0.1) is 11.8 Å². The zero-order valence-corrected chi connectivity index (χ0v) is 12.4. The van der Waals surface area contributed by atoms with Gasteiger partial charge in [0.05, 0.1) is 10.0 Å². The molecule has 0 amide bonds. The first kappa shape index (κ1) is 14.2. The Morgan fingerprint density at radius 1 is 1.17 bits per heavy atom. The van der Waals surface area contributed by atoms with Crippen LogP contribution in [-0.4, -0.2) is 6.54 Å². The first-order valence-electron chi connectivity index (χ1n) is 6.80. The van der Waals surface area contributed by atoms with Crippen LogP contribution >= 0.6 is 23.2 Å². The zero-order valence-electron chi connectivity index (χ0n) is 10.9. The van der Waals surface area contributed by atoms with Crippen molar-refractivity contribution in [1.82, 2.24) is 5.32 Å². The molecule has 0 spiro atoms. The minimum absolute atomic E-state index is 0.641. The summed E-state index contributed by atoms with van der Waals surface area (Å²) in [4.78, 5) is 0. The number of nitrogens with one attached hydrogen (secondary N) is 1. The smallest absolute Gasteiger partial charge is 0.0637 e. The summed E-state index contributed by atoms with van der Waals surface area (Å²) in [5.74, 6) is 1.75. The molecule has 1 nitrogen and oxygen atoms in total. The summed E-state index contributed by atoms with van der Waals surface area (Å²) in [5, 5.41) is 4.84. The van der Waals surface area contributed by atoms with Crippen molar-refractivity contribution in [1.29, 1.82) is 0 Å². The Bertz CT molecular complexity index is 384. The van der Waals surface area contributed by atoms with Gasteiger partial charge in [-0.3, -0.25) is 0 Å². The monoisotopic (exact) mass is 285 g/mol. The Labute approximate surface area is 120 Å². The highest BCUT2D eigenvalue weighted by atomic mass is 35.5. The molecule has 0 saturated heterocycles. The Kier molecular flexibility index (Phi) is 5.35. The summed E-state index contributed by atoms with van der Waals surface area (Å²) in [6, 6.07) is 5.81. The second kappa shape index (κ2) is 6.79. The molecule has 1 aromatic carbocycles. The molecular formula is C15H21Cl2N. The van der Waals surface area contributed by atoms with Crippen molar-refractivity contribution in [2.75, 3.05) is 6.54 Å². The second-order valence-electron chi connectivity index (χ2n) is 5.47. The van der Waals surface area contributed by atoms with Crippen molar-refractivity contribution in [2.24, 2.45) is 11.8 Å². The molecule has 1 aliphatic rings. The van der Waals surface area contributed by atoms with E-state index in [4.69, 9.17) is 23.2 Å². The molecule has 18 heavy (non-hydrogen) atoms. The molecule has 1 aliphatic carbocycles. The maximum Gasteiger partial charge on any atom is 0.0637 e. The van der Waals surface area contributed by atoms with Crippen LogP contribution in [0.2, 0.25) is 10.0 Å². The Balaban J connectivity index is 1.77. The molecule has 1 fully saturated rings. The van der Waals surface area contributed by atoms with E-state index in [1.54, 1.807) is 0 Å². The predicted molar refractivity (Wildman–Crippen MR) is 79.3 cm³/mol. The van der Waals surface area contributed by atoms with E-state index in [0.29, 0.717) is 10.0 Å². The fourth-order valence-corrected chi connectivity index (χ4v) is 3.02. The molecule has 0 bridgehead atoms. The molecule has 0 unspecified atom stereocenters. The maximum atomic E-state index is 6.16. The molecule has 0 radical (unpaired) electrons. The van der Waals surface area contributed by atoms with Crippen LogP contribution in [0.5, 0.6) is 0 Å². The van der Waals surface area contributed by atoms with Gasteiger partial charge in [-0.1, -0.05) is 55.1 Å². The first-order chi connectivity index (χ1) is 8.66. The van der Waals surface area contributed by atoms with E-state index in [1.807, 2.05) is 18.2 Å². The standard InChI is InChI=1S/C15H21Cl2N/c1-11-5-7-12(8-6-11)9-18-10-13-3-2-4-14(16)15(13)17/h2-4,11-12,18H,5-10H2,1H3. The van der Waals surface area contributed by atoms with Crippen molar-refractivity contribution in [2.45, 2.75) is 39.2 Å². The minimum atomic E-state index is 0.641. The van der Waals surface area contributed by atoms with Gasteiger partial charge in [-0.05, 0) is 42.9 Å². The Hall–Kier alpha value is -0.240. The largest absolute Gasteiger partial charge is 0.312 e. The first-order valence-corrected chi connectivity index (χ1v) is 7.56. The van der Waals surface area contributed by atoms with Crippen LogP contribution in [0.15, 0.2) is 18.2 Å². The molecule has 1 N–H and O–H groups in total. The quantitative estimate of drug-likeness (QED) is 0.829. The highest BCUT2D eigenvalue weighted by Gasteiger charge is 2.17. The van der Waals surface area contributed by atoms with E-state index in [9.17, 15) is 0 Å². The van der Waals surface area contributed by atoms with E-state index in [-0.39, 0.29) is 0 Å². The second-order valence-corrected chi connectivity index (χ2v) is 6.25. The van der Waals surface area contributed by atoms with E-state index in [2.05, 4.69) is 12.2 Å². The van der Waals surface area contributed by atoms with Crippen molar-refractivity contribution in [3.63, 3.8) is 0 Å². The third kappa shape index (κ3) is 3.88. The normalized spacial score (nSPS) is 24.2. The lowest BCUT2D eigenvalue weighted by atomic mass is 9.83. The van der Waals surface area contributed by atoms with Crippen LogP contribution < -0.4 is 5.32 Å². The lowest BCUT2D eigenvalue weighted by molar-refractivity contribution is 0.281. The average Bonchev–Trinajstić information content (AvgIpc) is 2.37. The van der Waals surface area contributed by atoms with Gasteiger partial charge in [0.1, 0.15) is 0 Å². The Morgan fingerprint density at radius 3 is 2.61 bits per heavy atom. The summed E-state index contributed by atoms with van der Waals surface area (Å²) in [7, 11) is 0. The zero-order chi connectivity index (χ0) is 13.0. The molecule has 0 aromatic heterocycles. The van der Waals surface area contributed by atoms with Crippen molar-refractivity contribution < 1.29 is 0 Å². The molecule has 0 aliphatic heterocycles. The summed E-state index contributed by atoms with van der Waals surface area (Å²) < 4.78 is 0. The van der Waals surface area contributed by atoms with Crippen LogP contribution in [0.25, 0.3) is 0 Å². The number of benzene rings is 1. The summed E-state index contributed by atoms with van der Waals surface area (Å²) in [5.41, 5.74) is 1.09. The highest BCUT2D eigenvalue weighted by molar-refractivity contribution is 6.42. The van der Waals surface area contributed by atoms with Gasteiger partial charge in [0.15, 0.2) is 0 Å². The predicted octanol–water partition coefficient (Wildman–Crippen LogP) is 4.91. The van der Waals surface area contributed by atoms with Gasteiger partial charge in [-0.15, -0.1) is 0 Å². The summed E-state index contributed by atoms with van der Waals surface area (Å²) in [6.45, 7) is 4.26. The fourth-order valence-electron chi connectivity index (χ4n) is 2.63. The number of rotatable bonds is 4. The van der Waals surface area contributed by atoms with Gasteiger partial charge in [-0.25, -0.2) is 0 Å². The number of hydrogen-bond acceptors (Lipinski definition) is 1. The third-order valence-corrected chi connectivity index (χ3v) is 4.77. The number of hydrogen-bond donors (Lipinski definition) is 1. The molecule has 3 heteroatoms. The highest BCUT2D eigenvalue weighted by Crippen LogP contribution is 2.28. The van der Waals surface area contributed by atoms with Crippen LogP contribution in [0.1, 0.15) is 38.2 Å². The fraction of sp³-hybridized carbons (Fsp3) is 0.600. The molecule has 0 heterocycles. The van der Waals surface area contributed by atoms with Gasteiger partial charge in [-0.2, -0.15) is 0 Å². The topological polar surface area (TPSA) is 12.0 Å². The van der Waals surface area contributed by atoms with E-state index in [0.717, 1.165) is 30.5 Å². The summed E-state index contributed by atoms with van der Waals surface area (Å²) >= 11 is 12.2. The van der Waals surface area contributed by atoms with Crippen LogP contribution in [0.3, 0.4) is 0 Å². The van der Waals surface area contributed by atoms with Crippen LogP contribution in [-0.2, 0) is 6.54 Å². The average molecular weight is 286 g/mol. The Morgan fingerprint density at radius 2 is 1.89 bits per heavy atom. The van der Waals surface area contributed by atoms with Crippen molar-refractivity contribution in [3.05, 3.63) is 33.8 Å². The van der Waals surface area contributed by atoms with E-state index in [1.165, 1.54) is 25.7 Å². The van der Waals surface area contributed by atoms with Gasteiger partial charge < -0.3 is 5.32 Å². The van der Waals surface area contributed by atoms with E-state index >= 15 is 0 Å². The third-order valence-electron chi connectivity index (χ3n) is 3.92. The van der Waals surface area contributed by atoms with Crippen molar-refractivity contribution in [3.8, 4) is 0 Å².